The van der Waals surface area contributed by atoms with E-state index in [-0.39, 0.29) is 54.8 Å². The molecule has 10 nitrogen and oxygen atoms in total. The van der Waals surface area contributed by atoms with Crippen molar-refractivity contribution in [3.8, 4) is 23.0 Å². The Morgan fingerprint density at radius 2 is 1.66 bits per heavy atom. The zero-order chi connectivity index (χ0) is 25.3. The lowest BCUT2D eigenvalue weighted by atomic mass is 9.67. The maximum atomic E-state index is 10.4. The first kappa shape index (κ1) is 25.5. The number of hydrogen-bond acceptors (Lipinski definition) is 10. The van der Waals surface area contributed by atoms with Crippen LogP contribution in [0, 0.1) is 11.8 Å². The summed E-state index contributed by atoms with van der Waals surface area (Å²) in [5, 5.41) is 60.8. The topological polar surface area (TPSA) is 158 Å². The van der Waals surface area contributed by atoms with Gasteiger partial charge in [0.05, 0.1) is 27.4 Å². The molecule has 6 N–H and O–H groups in total. The van der Waals surface area contributed by atoms with Crippen molar-refractivity contribution >= 4 is 0 Å². The molecule has 0 radical (unpaired) electrons. The number of aliphatic hydroxyl groups excluding tert-OH is 4. The molecule has 192 valence electrons. The average Bonchev–Trinajstić information content (AvgIpc) is 2.86. The molecule has 35 heavy (non-hydrogen) atoms. The number of fused-ring (bicyclic) bond motifs is 1. The second-order valence-corrected chi connectivity index (χ2v) is 9.03. The molecule has 7 atom stereocenters. The maximum absolute atomic E-state index is 10.4. The van der Waals surface area contributed by atoms with Crippen molar-refractivity contribution < 1.29 is 49.6 Å². The van der Waals surface area contributed by atoms with E-state index in [1.807, 2.05) is 0 Å². The highest BCUT2D eigenvalue weighted by Crippen LogP contribution is 2.48. The van der Waals surface area contributed by atoms with E-state index in [1.54, 1.807) is 24.3 Å². The molecule has 1 fully saturated rings. The molecule has 2 aromatic carbocycles. The second-order valence-electron chi connectivity index (χ2n) is 9.03. The minimum Gasteiger partial charge on any atom is -0.504 e. The summed E-state index contributed by atoms with van der Waals surface area (Å²) in [6, 6.07) is 8.37. The second kappa shape index (κ2) is 10.6. The van der Waals surface area contributed by atoms with Crippen molar-refractivity contribution in [3.63, 3.8) is 0 Å². The SMILES string of the molecule is COc1cc([C@@H]2c3cc(OC)c(O)cc3C[C@H](CO)[C@H]2CO[C@@H]2OC[C@@H](O)[C@H](O)[C@H]2O)ccc1O. The van der Waals surface area contributed by atoms with Crippen LogP contribution in [0.3, 0.4) is 0 Å². The van der Waals surface area contributed by atoms with Gasteiger partial charge in [0.15, 0.2) is 29.3 Å². The van der Waals surface area contributed by atoms with Gasteiger partial charge in [-0.05, 0) is 59.2 Å². The molecule has 1 saturated heterocycles. The summed E-state index contributed by atoms with van der Waals surface area (Å²) in [7, 11) is 2.91. The monoisotopic (exact) mass is 492 g/mol. The summed E-state index contributed by atoms with van der Waals surface area (Å²) in [6.07, 6.45) is -4.75. The Labute approximate surface area is 202 Å². The first-order valence-electron chi connectivity index (χ1n) is 11.4. The zero-order valence-electron chi connectivity index (χ0n) is 19.6. The highest BCUT2D eigenvalue weighted by Gasteiger charge is 2.42. The molecule has 1 heterocycles. The van der Waals surface area contributed by atoms with Crippen molar-refractivity contribution in [2.75, 3.05) is 34.0 Å². The van der Waals surface area contributed by atoms with Gasteiger partial charge in [0.2, 0.25) is 0 Å². The Morgan fingerprint density at radius 3 is 2.34 bits per heavy atom. The lowest BCUT2D eigenvalue weighted by molar-refractivity contribution is -0.274. The van der Waals surface area contributed by atoms with Crippen LogP contribution < -0.4 is 9.47 Å². The summed E-state index contributed by atoms with van der Waals surface area (Å²) < 4.78 is 21.9. The van der Waals surface area contributed by atoms with Gasteiger partial charge < -0.3 is 49.6 Å². The minimum absolute atomic E-state index is 0.00838. The summed E-state index contributed by atoms with van der Waals surface area (Å²) in [4.78, 5) is 0. The average molecular weight is 493 g/mol. The fraction of sp³-hybridized carbons (Fsp3) is 0.520. The summed E-state index contributed by atoms with van der Waals surface area (Å²) in [6.45, 7) is -0.303. The van der Waals surface area contributed by atoms with Gasteiger partial charge >= 0.3 is 0 Å². The van der Waals surface area contributed by atoms with Gasteiger partial charge in [0, 0.05) is 12.5 Å². The van der Waals surface area contributed by atoms with Crippen LogP contribution in [0.15, 0.2) is 30.3 Å². The van der Waals surface area contributed by atoms with Crippen molar-refractivity contribution in [3.05, 3.63) is 47.0 Å². The van der Waals surface area contributed by atoms with E-state index in [2.05, 4.69) is 0 Å². The Hall–Kier alpha value is -2.60. The number of phenolic OH excluding ortho intramolecular Hbond substituents is 2. The first-order valence-corrected chi connectivity index (χ1v) is 11.4. The number of ether oxygens (including phenoxy) is 4. The van der Waals surface area contributed by atoms with Crippen LogP contribution in [0.25, 0.3) is 0 Å². The number of hydrogen-bond donors (Lipinski definition) is 6. The molecule has 0 aromatic heterocycles. The van der Waals surface area contributed by atoms with E-state index >= 15 is 0 Å². The molecule has 2 aromatic rings. The van der Waals surface area contributed by atoms with Crippen LogP contribution in [0.2, 0.25) is 0 Å². The van der Waals surface area contributed by atoms with Crippen molar-refractivity contribution in [2.24, 2.45) is 11.8 Å². The molecule has 0 spiro atoms. The Kier molecular flexibility index (Phi) is 7.70. The molecule has 2 aliphatic rings. The standard InChI is InChI=1S/C25H32O10/c1-32-20-7-12(3-4-17(20)27)22-15-8-21(33-2)18(28)6-13(15)5-14(9-26)16(22)10-34-25-24(31)23(30)19(29)11-35-25/h3-4,6-8,14,16,19,22-31H,5,9-11H2,1-2H3/t14-,16-,19-,22-,23+,24-,25-/m1/s1. The summed E-state index contributed by atoms with van der Waals surface area (Å²) in [5.74, 6) is -0.420. The fourth-order valence-corrected chi connectivity index (χ4v) is 5.07. The number of benzene rings is 2. The van der Waals surface area contributed by atoms with Crippen molar-refractivity contribution in [2.45, 2.75) is 36.9 Å². The summed E-state index contributed by atoms with van der Waals surface area (Å²) >= 11 is 0. The molecule has 0 saturated carbocycles. The van der Waals surface area contributed by atoms with Gasteiger partial charge in [-0.2, -0.15) is 0 Å². The molecule has 1 aliphatic carbocycles. The zero-order valence-corrected chi connectivity index (χ0v) is 19.6. The van der Waals surface area contributed by atoms with Crippen LogP contribution >= 0.6 is 0 Å². The molecular weight excluding hydrogens is 460 g/mol. The lowest BCUT2D eigenvalue weighted by Crippen LogP contribution is -2.54. The number of aromatic hydroxyl groups is 2. The van der Waals surface area contributed by atoms with Crippen molar-refractivity contribution in [1.82, 2.24) is 0 Å². The van der Waals surface area contributed by atoms with Crippen LogP contribution in [0.1, 0.15) is 22.6 Å². The van der Waals surface area contributed by atoms with Gasteiger partial charge in [-0.25, -0.2) is 0 Å². The maximum Gasteiger partial charge on any atom is 0.186 e. The normalized spacial score (nSPS) is 30.5. The van der Waals surface area contributed by atoms with E-state index in [9.17, 15) is 30.6 Å². The Balaban J connectivity index is 1.74. The third-order valence-corrected chi connectivity index (χ3v) is 7.00. The van der Waals surface area contributed by atoms with Gasteiger partial charge in [0.25, 0.3) is 0 Å². The highest BCUT2D eigenvalue weighted by atomic mass is 16.7. The number of methoxy groups -OCH3 is 2. The van der Waals surface area contributed by atoms with Gasteiger partial charge in [-0.15, -0.1) is 0 Å². The van der Waals surface area contributed by atoms with E-state index in [4.69, 9.17) is 18.9 Å². The highest BCUT2D eigenvalue weighted by molar-refractivity contribution is 5.53. The third-order valence-electron chi connectivity index (χ3n) is 7.00. The van der Waals surface area contributed by atoms with Gasteiger partial charge in [0.1, 0.15) is 18.3 Å². The molecule has 0 bridgehead atoms. The molecular formula is C25H32O10. The van der Waals surface area contributed by atoms with Crippen molar-refractivity contribution in [1.29, 1.82) is 0 Å². The minimum atomic E-state index is -1.44. The number of aliphatic hydroxyl groups is 4. The van der Waals surface area contributed by atoms with E-state index in [0.717, 1.165) is 16.7 Å². The quantitative estimate of drug-likeness (QED) is 0.321. The largest absolute Gasteiger partial charge is 0.504 e. The lowest BCUT2D eigenvalue weighted by Gasteiger charge is -2.41. The van der Waals surface area contributed by atoms with E-state index < -0.39 is 24.6 Å². The van der Waals surface area contributed by atoms with E-state index in [0.29, 0.717) is 12.2 Å². The van der Waals surface area contributed by atoms with Crippen LogP contribution in [-0.4, -0.2) is 89.3 Å². The molecule has 0 amide bonds. The Morgan fingerprint density at radius 1 is 0.943 bits per heavy atom. The number of rotatable bonds is 7. The number of phenols is 2. The molecule has 4 rings (SSSR count). The molecule has 0 unspecified atom stereocenters. The predicted octanol–water partition coefficient (Wildman–Crippen LogP) is 0.483. The molecule has 10 heteroatoms. The predicted molar refractivity (Wildman–Crippen MR) is 123 cm³/mol. The Bertz CT molecular complexity index is 1030. The first-order chi connectivity index (χ1) is 16.8. The third kappa shape index (κ3) is 4.90. The van der Waals surface area contributed by atoms with Gasteiger partial charge in [-0.3, -0.25) is 0 Å². The van der Waals surface area contributed by atoms with Crippen LogP contribution in [0.5, 0.6) is 23.0 Å². The summed E-state index contributed by atoms with van der Waals surface area (Å²) in [5.41, 5.74) is 2.47. The fourth-order valence-electron chi connectivity index (χ4n) is 5.07. The van der Waals surface area contributed by atoms with Gasteiger partial charge in [-0.1, -0.05) is 6.07 Å². The van der Waals surface area contributed by atoms with Crippen LogP contribution in [-0.2, 0) is 15.9 Å². The molecule has 1 aliphatic heterocycles. The smallest absolute Gasteiger partial charge is 0.186 e. The van der Waals surface area contributed by atoms with E-state index in [1.165, 1.54) is 20.3 Å². The van der Waals surface area contributed by atoms with Crippen LogP contribution in [0.4, 0.5) is 0 Å².